The van der Waals surface area contributed by atoms with Gasteiger partial charge in [0.15, 0.2) is 0 Å². The monoisotopic (exact) mass is 234 g/mol. The number of hydrogen-bond acceptors (Lipinski definition) is 4. The number of aryl methyl sites for hydroxylation is 1. The summed E-state index contributed by atoms with van der Waals surface area (Å²) >= 11 is 0. The summed E-state index contributed by atoms with van der Waals surface area (Å²) in [4.78, 5) is 11.6. The smallest absolute Gasteiger partial charge is 0.264 e. The molecule has 0 N–H and O–H groups in total. The maximum absolute atomic E-state index is 11.6. The highest BCUT2D eigenvalue weighted by Crippen LogP contribution is 2.30. The van der Waals surface area contributed by atoms with E-state index in [9.17, 15) is 4.79 Å². The van der Waals surface area contributed by atoms with E-state index in [0.717, 1.165) is 11.1 Å². The Morgan fingerprint density at radius 2 is 2.06 bits per heavy atom. The fourth-order valence-electron chi connectivity index (χ4n) is 1.56. The summed E-state index contributed by atoms with van der Waals surface area (Å²) < 4.78 is 16.1. The molecule has 0 spiro atoms. The summed E-state index contributed by atoms with van der Waals surface area (Å²) in [7, 11) is 0. The predicted molar refractivity (Wildman–Crippen MR) is 62.7 cm³/mol. The zero-order valence-electron chi connectivity index (χ0n) is 10.1. The van der Waals surface area contributed by atoms with Crippen molar-refractivity contribution in [2.24, 2.45) is 0 Å². The summed E-state index contributed by atoms with van der Waals surface area (Å²) in [6, 6.07) is 1.32. The van der Waals surface area contributed by atoms with Crippen LogP contribution < -0.4 is 10.2 Å². The van der Waals surface area contributed by atoms with Gasteiger partial charge in [-0.1, -0.05) is 6.58 Å². The molecular weight excluding hydrogens is 220 g/mol. The van der Waals surface area contributed by atoms with E-state index in [0.29, 0.717) is 11.5 Å². The molecule has 90 valence electrons. The SMILES string of the molecule is C=C1OC(Oc2c(C)occc2=O)C(C)=C1C. The molecule has 0 radical (unpaired) electrons. The lowest BCUT2D eigenvalue weighted by molar-refractivity contribution is 0.000230. The standard InChI is InChI=1S/C13H14O4/c1-7-8(2)13(16-9(7)3)17-12-10(4)15-6-5-11(12)14/h5-6,13H,3H2,1-2,4H3. The zero-order chi connectivity index (χ0) is 12.6. The second kappa shape index (κ2) is 4.13. The third-order valence-corrected chi connectivity index (χ3v) is 2.85. The molecule has 0 aliphatic carbocycles. The highest BCUT2D eigenvalue weighted by atomic mass is 16.7. The Balaban J connectivity index is 2.30. The molecule has 1 aliphatic rings. The molecule has 0 saturated heterocycles. The average molecular weight is 234 g/mol. The Kier molecular flexibility index (Phi) is 2.79. The van der Waals surface area contributed by atoms with Crippen LogP contribution in [-0.4, -0.2) is 6.29 Å². The molecule has 4 heteroatoms. The van der Waals surface area contributed by atoms with Crippen LogP contribution in [0, 0.1) is 6.92 Å². The van der Waals surface area contributed by atoms with Crippen molar-refractivity contribution in [2.45, 2.75) is 27.1 Å². The number of ether oxygens (including phenoxy) is 2. The van der Waals surface area contributed by atoms with Gasteiger partial charge in [0.05, 0.1) is 6.26 Å². The largest absolute Gasteiger partial charge is 0.465 e. The van der Waals surface area contributed by atoms with Crippen molar-refractivity contribution in [3.63, 3.8) is 0 Å². The summed E-state index contributed by atoms with van der Waals surface area (Å²) in [5.74, 6) is 1.19. The molecule has 2 heterocycles. The Bertz CT molecular complexity index is 551. The van der Waals surface area contributed by atoms with Gasteiger partial charge in [-0.2, -0.15) is 0 Å². The lowest BCUT2D eigenvalue weighted by Gasteiger charge is -2.15. The van der Waals surface area contributed by atoms with Gasteiger partial charge in [-0.15, -0.1) is 0 Å². The number of allylic oxidation sites excluding steroid dienone is 1. The van der Waals surface area contributed by atoms with Crippen molar-refractivity contribution in [1.82, 2.24) is 0 Å². The molecule has 1 unspecified atom stereocenters. The van der Waals surface area contributed by atoms with Crippen LogP contribution in [0.5, 0.6) is 5.75 Å². The fourth-order valence-corrected chi connectivity index (χ4v) is 1.56. The highest BCUT2D eigenvalue weighted by Gasteiger charge is 2.27. The summed E-state index contributed by atoms with van der Waals surface area (Å²) in [6.45, 7) is 9.22. The van der Waals surface area contributed by atoms with Crippen LogP contribution in [0.4, 0.5) is 0 Å². The van der Waals surface area contributed by atoms with E-state index in [2.05, 4.69) is 6.58 Å². The molecule has 0 saturated carbocycles. The second-order valence-electron chi connectivity index (χ2n) is 3.97. The molecule has 2 rings (SSSR count). The van der Waals surface area contributed by atoms with Crippen molar-refractivity contribution in [3.05, 3.63) is 51.8 Å². The van der Waals surface area contributed by atoms with Crippen molar-refractivity contribution >= 4 is 0 Å². The first-order valence-electron chi connectivity index (χ1n) is 5.29. The Morgan fingerprint density at radius 3 is 2.59 bits per heavy atom. The summed E-state index contributed by atoms with van der Waals surface area (Å²) in [6.07, 6.45) is 0.749. The van der Waals surface area contributed by atoms with Crippen molar-refractivity contribution in [3.8, 4) is 5.75 Å². The van der Waals surface area contributed by atoms with Crippen LogP contribution in [0.1, 0.15) is 19.6 Å². The molecule has 1 aromatic heterocycles. The van der Waals surface area contributed by atoms with Gasteiger partial charge in [-0.05, 0) is 26.3 Å². The summed E-state index contributed by atoms with van der Waals surface area (Å²) in [5, 5.41) is 0. The third kappa shape index (κ3) is 1.98. The van der Waals surface area contributed by atoms with E-state index in [1.54, 1.807) is 6.92 Å². The van der Waals surface area contributed by atoms with Crippen molar-refractivity contribution in [1.29, 1.82) is 0 Å². The number of hydrogen-bond donors (Lipinski definition) is 0. The van der Waals surface area contributed by atoms with E-state index in [-0.39, 0.29) is 11.2 Å². The van der Waals surface area contributed by atoms with Crippen LogP contribution in [-0.2, 0) is 4.74 Å². The molecule has 1 aliphatic heterocycles. The Labute approximate surface area is 99.2 Å². The minimum absolute atomic E-state index is 0.180. The van der Waals surface area contributed by atoms with Crippen LogP contribution >= 0.6 is 0 Å². The summed E-state index contributed by atoms with van der Waals surface area (Å²) in [5.41, 5.74) is 1.64. The minimum Gasteiger partial charge on any atom is -0.465 e. The predicted octanol–water partition coefficient (Wildman–Crippen LogP) is 2.53. The van der Waals surface area contributed by atoms with E-state index >= 15 is 0 Å². The number of rotatable bonds is 2. The van der Waals surface area contributed by atoms with Crippen molar-refractivity contribution < 1.29 is 13.9 Å². The normalized spacial score (nSPS) is 19.5. The minimum atomic E-state index is -0.591. The lowest BCUT2D eigenvalue weighted by Crippen LogP contribution is -2.21. The highest BCUT2D eigenvalue weighted by molar-refractivity contribution is 5.34. The Morgan fingerprint density at radius 1 is 1.35 bits per heavy atom. The van der Waals surface area contributed by atoms with Gasteiger partial charge in [0, 0.05) is 11.6 Å². The third-order valence-electron chi connectivity index (χ3n) is 2.85. The molecule has 0 amide bonds. The van der Waals surface area contributed by atoms with E-state index < -0.39 is 6.29 Å². The Hall–Kier alpha value is -1.97. The molecule has 17 heavy (non-hydrogen) atoms. The van der Waals surface area contributed by atoms with Gasteiger partial charge in [-0.3, -0.25) is 4.79 Å². The van der Waals surface area contributed by atoms with Crippen LogP contribution in [0.3, 0.4) is 0 Å². The average Bonchev–Trinajstić information content (AvgIpc) is 2.52. The molecule has 0 bridgehead atoms. The molecule has 1 atom stereocenters. The molecule has 1 aromatic rings. The van der Waals surface area contributed by atoms with E-state index in [1.807, 2.05) is 13.8 Å². The lowest BCUT2D eigenvalue weighted by atomic mass is 10.1. The molecule has 0 fully saturated rings. The molecule has 0 aromatic carbocycles. The van der Waals surface area contributed by atoms with Gasteiger partial charge in [0.2, 0.25) is 11.2 Å². The van der Waals surface area contributed by atoms with E-state index in [4.69, 9.17) is 13.9 Å². The van der Waals surface area contributed by atoms with Gasteiger partial charge >= 0.3 is 0 Å². The van der Waals surface area contributed by atoms with Gasteiger partial charge in [0.1, 0.15) is 11.5 Å². The van der Waals surface area contributed by atoms with Crippen LogP contribution in [0.25, 0.3) is 0 Å². The van der Waals surface area contributed by atoms with Crippen molar-refractivity contribution in [2.75, 3.05) is 0 Å². The maximum atomic E-state index is 11.6. The van der Waals surface area contributed by atoms with Crippen LogP contribution in [0.2, 0.25) is 0 Å². The second-order valence-corrected chi connectivity index (χ2v) is 3.97. The van der Waals surface area contributed by atoms with Crippen LogP contribution in [0.15, 0.2) is 45.0 Å². The van der Waals surface area contributed by atoms with E-state index in [1.165, 1.54) is 12.3 Å². The molecule has 4 nitrogen and oxygen atoms in total. The maximum Gasteiger partial charge on any atom is 0.264 e. The first-order valence-corrected chi connectivity index (χ1v) is 5.29. The first kappa shape index (κ1) is 11.5. The van der Waals surface area contributed by atoms with Gasteiger partial charge in [0.25, 0.3) is 6.29 Å². The van der Waals surface area contributed by atoms with Gasteiger partial charge < -0.3 is 13.9 Å². The molecular formula is C13H14O4. The fraction of sp³-hybridized carbons (Fsp3) is 0.308. The quantitative estimate of drug-likeness (QED) is 0.789. The van der Waals surface area contributed by atoms with Gasteiger partial charge in [-0.25, -0.2) is 0 Å². The zero-order valence-corrected chi connectivity index (χ0v) is 10.1. The topological polar surface area (TPSA) is 48.7 Å². The first-order chi connectivity index (χ1) is 8.00.